The van der Waals surface area contributed by atoms with E-state index in [9.17, 15) is 0 Å². The summed E-state index contributed by atoms with van der Waals surface area (Å²) in [6.07, 6.45) is 2.75. The van der Waals surface area contributed by atoms with E-state index < -0.39 is 0 Å². The van der Waals surface area contributed by atoms with Gasteiger partial charge in [-0.25, -0.2) is 9.97 Å². The number of nitrogen functional groups attached to an aromatic ring is 1. The second-order valence-corrected chi connectivity index (χ2v) is 6.99. The van der Waals surface area contributed by atoms with Crippen LogP contribution in [0.25, 0.3) is 33.7 Å². The normalized spacial score (nSPS) is 13.9. The Morgan fingerprint density at radius 2 is 2.00 bits per heavy atom. The highest BCUT2D eigenvalue weighted by Crippen LogP contribution is 2.38. The Hall–Kier alpha value is -3.06. The molecule has 2 N–H and O–H groups in total. The van der Waals surface area contributed by atoms with Crippen LogP contribution in [-0.2, 0) is 0 Å². The highest BCUT2D eigenvalue weighted by molar-refractivity contribution is 6.35. The molecule has 5 rings (SSSR count). The monoisotopic (exact) mass is 381 g/mol. The molecule has 0 aliphatic carbocycles. The van der Waals surface area contributed by atoms with Crippen molar-refractivity contribution in [3.8, 4) is 22.7 Å². The third kappa shape index (κ3) is 2.62. The molecule has 4 aromatic rings. The number of halogens is 1. The highest BCUT2D eigenvalue weighted by atomic mass is 35.5. The molecule has 0 spiro atoms. The van der Waals surface area contributed by atoms with E-state index in [1.807, 2.05) is 25.1 Å². The van der Waals surface area contributed by atoms with Crippen molar-refractivity contribution in [2.45, 2.75) is 13.3 Å². The molecule has 1 fully saturated rings. The van der Waals surface area contributed by atoms with Crippen molar-refractivity contribution in [1.82, 2.24) is 15.1 Å². The first-order chi connectivity index (χ1) is 13.1. The number of aromatic nitrogens is 3. The first-order valence-electron chi connectivity index (χ1n) is 8.64. The van der Waals surface area contributed by atoms with Gasteiger partial charge in [0.15, 0.2) is 23.0 Å². The Kier molecular flexibility index (Phi) is 3.58. The molecule has 4 heterocycles. The summed E-state index contributed by atoms with van der Waals surface area (Å²) >= 11 is 6.39. The van der Waals surface area contributed by atoms with Crippen LogP contribution in [0.1, 0.15) is 12.2 Å². The van der Waals surface area contributed by atoms with E-state index in [-0.39, 0.29) is 0 Å². The molecule has 27 heavy (non-hydrogen) atoms. The fourth-order valence-electron chi connectivity index (χ4n) is 3.21. The number of nitrogens with two attached hydrogens (primary N) is 1. The third-order valence-electron chi connectivity index (χ3n) is 4.71. The molecule has 1 aliphatic heterocycles. The molecule has 1 aromatic carbocycles. The molecule has 136 valence electrons. The smallest absolute Gasteiger partial charge is 0.185 e. The molecular weight excluding hydrogens is 366 g/mol. The number of aryl methyl sites for hydroxylation is 1. The van der Waals surface area contributed by atoms with Crippen molar-refractivity contribution in [2.24, 2.45) is 0 Å². The van der Waals surface area contributed by atoms with Crippen molar-refractivity contribution in [3.05, 3.63) is 41.2 Å². The van der Waals surface area contributed by atoms with Gasteiger partial charge in [-0.2, -0.15) is 0 Å². The number of nitrogens with zero attached hydrogens (tertiary/aromatic N) is 4. The van der Waals surface area contributed by atoms with Gasteiger partial charge in [0, 0.05) is 24.0 Å². The molecule has 3 aromatic heterocycles. The van der Waals surface area contributed by atoms with E-state index in [1.165, 1.54) is 0 Å². The van der Waals surface area contributed by atoms with Gasteiger partial charge >= 0.3 is 0 Å². The fraction of sp³-hybridized carbons (Fsp3) is 0.211. The van der Waals surface area contributed by atoms with Gasteiger partial charge in [0.25, 0.3) is 0 Å². The Morgan fingerprint density at radius 3 is 2.70 bits per heavy atom. The van der Waals surface area contributed by atoms with Gasteiger partial charge in [0.2, 0.25) is 0 Å². The molecular formula is C19H16ClN5O2. The van der Waals surface area contributed by atoms with Gasteiger partial charge in [0.1, 0.15) is 17.1 Å². The summed E-state index contributed by atoms with van der Waals surface area (Å²) in [6, 6.07) is 7.48. The minimum Gasteiger partial charge on any atom is -0.460 e. The van der Waals surface area contributed by atoms with Crippen LogP contribution in [0.5, 0.6) is 0 Å². The summed E-state index contributed by atoms with van der Waals surface area (Å²) in [7, 11) is 0. The quantitative estimate of drug-likeness (QED) is 0.565. The Balaban J connectivity index is 1.76. The summed E-state index contributed by atoms with van der Waals surface area (Å²) < 4.78 is 11.0. The van der Waals surface area contributed by atoms with Crippen LogP contribution in [0.4, 0.5) is 11.6 Å². The molecule has 0 radical (unpaired) electrons. The van der Waals surface area contributed by atoms with Gasteiger partial charge < -0.3 is 19.6 Å². The Bertz CT molecular complexity index is 1160. The third-order valence-corrected chi connectivity index (χ3v) is 5.00. The molecule has 7 nitrogen and oxygen atoms in total. The lowest BCUT2D eigenvalue weighted by Crippen LogP contribution is -2.38. The number of rotatable bonds is 3. The lowest BCUT2D eigenvalue weighted by Gasteiger charge is -2.32. The molecule has 0 amide bonds. The van der Waals surface area contributed by atoms with Crippen LogP contribution in [0.15, 0.2) is 39.4 Å². The Labute approximate surface area is 159 Å². The molecule has 0 bridgehead atoms. The predicted octanol–water partition coefficient (Wildman–Crippen LogP) is 4.30. The zero-order valence-corrected chi connectivity index (χ0v) is 15.3. The number of fused-ring (bicyclic) bond motifs is 1. The van der Waals surface area contributed by atoms with E-state index in [4.69, 9.17) is 31.3 Å². The van der Waals surface area contributed by atoms with Crippen molar-refractivity contribution in [2.75, 3.05) is 23.7 Å². The van der Waals surface area contributed by atoms with Crippen molar-refractivity contribution in [1.29, 1.82) is 0 Å². The van der Waals surface area contributed by atoms with Gasteiger partial charge in [-0.3, -0.25) is 0 Å². The number of benzene rings is 1. The van der Waals surface area contributed by atoms with E-state index in [1.54, 1.807) is 12.3 Å². The molecule has 1 aliphatic rings. The number of hydrogen-bond acceptors (Lipinski definition) is 7. The molecule has 0 atom stereocenters. The zero-order chi connectivity index (χ0) is 18.5. The van der Waals surface area contributed by atoms with E-state index in [2.05, 4.69) is 15.0 Å². The van der Waals surface area contributed by atoms with E-state index in [0.29, 0.717) is 39.4 Å². The fourth-order valence-corrected chi connectivity index (χ4v) is 3.48. The lowest BCUT2D eigenvalue weighted by molar-refractivity contribution is 0.456. The topological polar surface area (TPSA) is 94.2 Å². The van der Waals surface area contributed by atoms with Crippen LogP contribution in [0, 0.1) is 6.92 Å². The van der Waals surface area contributed by atoms with Crippen LogP contribution in [0.3, 0.4) is 0 Å². The molecule has 1 saturated heterocycles. The average Bonchev–Trinajstić information content (AvgIpc) is 3.23. The van der Waals surface area contributed by atoms with Crippen LogP contribution in [-0.4, -0.2) is 28.2 Å². The largest absolute Gasteiger partial charge is 0.460 e. The minimum absolute atomic E-state index is 0.389. The molecule has 0 saturated carbocycles. The van der Waals surface area contributed by atoms with Crippen molar-refractivity contribution >= 4 is 34.2 Å². The molecule has 0 unspecified atom stereocenters. The number of anilines is 2. The Morgan fingerprint density at radius 1 is 1.15 bits per heavy atom. The first-order valence-corrected chi connectivity index (χ1v) is 9.01. The highest BCUT2D eigenvalue weighted by Gasteiger charge is 2.24. The van der Waals surface area contributed by atoms with Crippen LogP contribution >= 0.6 is 11.6 Å². The lowest BCUT2D eigenvalue weighted by atomic mass is 10.1. The standard InChI is InChI=1S/C19H16ClN5O2/c1-10-3-4-14(26-10)16-15(24-19(18(21)23-16)25-5-2-6-25)11-7-12-9-22-27-17(12)13(20)8-11/h3-4,7-9H,2,5-6H2,1H3,(H2,21,23). The van der Waals surface area contributed by atoms with Gasteiger partial charge in [0.05, 0.1) is 11.2 Å². The van der Waals surface area contributed by atoms with E-state index in [0.717, 1.165) is 36.2 Å². The predicted molar refractivity (Wildman–Crippen MR) is 104 cm³/mol. The first kappa shape index (κ1) is 16.1. The SMILES string of the molecule is Cc1ccc(-c2nc(N)c(N3CCC3)nc2-c2cc(Cl)c3oncc3c2)o1. The van der Waals surface area contributed by atoms with E-state index >= 15 is 0 Å². The van der Waals surface area contributed by atoms with Gasteiger partial charge in [-0.1, -0.05) is 16.8 Å². The summed E-state index contributed by atoms with van der Waals surface area (Å²) in [4.78, 5) is 11.6. The van der Waals surface area contributed by atoms with Crippen LogP contribution in [0.2, 0.25) is 5.02 Å². The summed E-state index contributed by atoms with van der Waals surface area (Å²) in [5.74, 6) is 2.47. The average molecular weight is 382 g/mol. The maximum Gasteiger partial charge on any atom is 0.185 e. The van der Waals surface area contributed by atoms with Crippen molar-refractivity contribution < 1.29 is 8.94 Å². The second kappa shape index (κ2) is 5.99. The van der Waals surface area contributed by atoms with Gasteiger partial charge in [-0.05, 0) is 37.6 Å². The second-order valence-electron chi connectivity index (χ2n) is 6.58. The summed E-state index contributed by atoms with van der Waals surface area (Å²) in [5, 5.41) is 5.08. The van der Waals surface area contributed by atoms with Gasteiger partial charge in [-0.15, -0.1) is 0 Å². The van der Waals surface area contributed by atoms with Crippen molar-refractivity contribution in [3.63, 3.8) is 0 Å². The molecule has 8 heteroatoms. The zero-order valence-electron chi connectivity index (χ0n) is 14.6. The number of hydrogen-bond donors (Lipinski definition) is 1. The van der Waals surface area contributed by atoms with Crippen LogP contribution < -0.4 is 10.6 Å². The maximum atomic E-state index is 6.39. The minimum atomic E-state index is 0.389. The maximum absolute atomic E-state index is 6.39. The number of furan rings is 1. The summed E-state index contributed by atoms with van der Waals surface area (Å²) in [6.45, 7) is 3.72. The summed E-state index contributed by atoms with van der Waals surface area (Å²) in [5.41, 5.74) is 8.80.